The van der Waals surface area contributed by atoms with E-state index in [1.807, 2.05) is 30.3 Å². The lowest BCUT2D eigenvalue weighted by Gasteiger charge is -2.11. The van der Waals surface area contributed by atoms with Crippen LogP contribution in [0.3, 0.4) is 0 Å². The summed E-state index contributed by atoms with van der Waals surface area (Å²) in [6.45, 7) is 1.93. The number of aryl methyl sites for hydroxylation is 1. The molecule has 4 rings (SSSR count). The summed E-state index contributed by atoms with van der Waals surface area (Å²) in [5.41, 5.74) is 2.18. The molecular weight excluding hydrogens is 378 g/mol. The number of imidazole rings is 1. The molecule has 0 fully saturated rings. The van der Waals surface area contributed by atoms with Gasteiger partial charge < -0.3 is 9.72 Å². The van der Waals surface area contributed by atoms with Gasteiger partial charge in [0.25, 0.3) is 5.91 Å². The van der Waals surface area contributed by atoms with Gasteiger partial charge in [0.1, 0.15) is 5.65 Å². The summed E-state index contributed by atoms with van der Waals surface area (Å²) in [5.74, 6) is -0.551. The quantitative estimate of drug-likeness (QED) is 0.578. The van der Waals surface area contributed by atoms with Crippen molar-refractivity contribution in [2.75, 3.05) is 0 Å². The summed E-state index contributed by atoms with van der Waals surface area (Å²) >= 11 is 5.97. The van der Waals surface area contributed by atoms with Crippen LogP contribution in [-0.4, -0.2) is 25.1 Å². The number of carbonyl (C=O) groups excluding carboxylic acids is 1. The minimum Gasteiger partial charge on any atom is -0.345 e. The van der Waals surface area contributed by atoms with Crippen molar-refractivity contribution in [1.29, 1.82) is 0 Å². The molecule has 0 spiro atoms. The molecule has 0 aliphatic heterocycles. The molecule has 7 nitrogen and oxygen atoms in total. The number of pyridine rings is 1. The first-order valence-corrected chi connectivity index (χ1v) is 8.97. The van der Waals surface area contributed by atoms with Crippen LogP contribution in [0.5, 0.6) is 0 Å². The number of rotatable bonds is 4. The van der Waals surface area contributed by atoms with E-state index in [4.69, 9.17) is 11.6 Å². The smallest absolute Gasteiger partial charge is 0.276 e. The van der Waals surface area contributed by atoms with Crippen molar-refractivity contribution < 1.29 is 4.79 Å². The molecule has 1 amide bonds. The van der Waals surface area contributed by atoms with Gasteiger partial charge in [0.2, 0.25) is 5.43 Å². The Bertz CT molecular complexity index is 1230. The Balaban J connectivity index is 1.58. The van der Waals surface area contributed by atoms with Gasteiger partial charge in [-0.05, 0) is 31.2 Å². The third kappa shape index (κ3) is 3.52. The highest BCUT2D eigenvalue weighted by Gasteiger charge is 2.15. The average Bonchev–Trinajstić information content (AvgIpc) is 3.09. The van der Waals surface area contributed by atoms with Crippen LogP contribution >= 0.6 is 11.6 Å². The average molecular weight is 394 g/mol. The standard InChI is InChI=1S/C20H16ClN5O2/c1-13-9-17(27)19(24-26(13)16-5-3-2-4-6-16)20(28)22-10-15-12-25-11-14(21)7-8-18(25)23-15/h2-9,11-12H,10H2,1H3,(H,22,28). The van der Waals surface area contributed by atoms with Crippen molar-refractivity contribution in [2.24, 2.45) is 0 Å². The van der Waals surface area contributed by atoms with E-state index in [1.165, 1.54) is 6.07 Å². The van der Waals surface area contributed by atoms with Crippen LogP contribution < -0.4 is 10.7 Å². The summed E-state index contributed by atoms with van der Waals surface area (Å²) < 4.78 is 3.35. The lowest BCUT2D eigenvalue weighted by atomic mass is 10.2. The predicted molar refractivity (Wildman–Crippen MR) is 106 cm³/mol. The van der Waals surface area contributed by atoms with Crippen molar-refractivity contribution in [2.45, 2.75) is 13.5 Å². The van der Waals surface area contributed by atoms with E-state index in [-0.39, 0.29) is 12.2 Å². The molecule has 1 aromatic carbocycles. The molecule has 0 radical (unpaired) electrons. The molecule has 0 aliphatic rings. The number of amides is 1. The van der Waals surface area contributed by atoms with Gasteiger partial charge in [-0.2, -0.15) is 5.10 Å². The van der Waals surface area contributed by atoms with Crippen LogP contribution in [0.25, 0.3) is 11.3 Å². The monoisotopic (exact) mass is 393 g/mol. The van der Waals surface area contributed by atoms with Crippen LogP contribution in [0.15, 0.2) is 65.7 Å². The van der Waals surface area contributed by atoms with Crippen molar-refractivity contribution in [3.05, 3.63) is 93.3 Å². The van der Waals surface area contributed by atoms with Crippen molar-refractivity contribution >= 4 is 23.2 Å². The molecule has 3 heterocycles. The minimum atomic E-state index is -0.551. The van der Waals surface area contributed by atoms with Crippen molar-refractivity contribution in [3.63, 3.8) is 0 Å². The largest absolute Gasteiger partial charge is 0.345 e. The van der Waals surface area contributed by atoms with Gasteiger partial charge in [-0.15, -0.1) is 0 Å². The maximum absolute atomic E-state index is 12.6. The Morgan fingerprint density at radius 2 is 1.93 bits per heavy atom. The first-order chi connectivity index (χ1) is 13.5. The minimum absolute atomic E-state index is 0.165. The summed E-state index contributed by atoms with van der Waals surface area (Å²) in [6, 6.07) is 14.3. The molecule has 0 aliphatic carbocycles. The fraction of sp³-hybridized carbons (Fsp3) is 0.100. The first-order valence-electron chi connectivity index (χ1n) is 8.59. The Morgan fingerprint density at radius 1 is 1.14 bits per heavy atom. The second-order valence-electron chi connectivity index (χ2n) is 6.27. The number of hydrogen-bond donors (Lipinski definition) is 1. The number of halogens is 1. The summed E-state index contributed by atoms with van der Waals surface area (Å²) in [5, 5.41) is 7.55. The van der Waals surface area contributed by atoms with E-state index in [2.05, 4.69) is 15.4 Å². The molecule has 0 unspecified atom stereocenters. The number of nitrogens with zero attached hydrogens (tertiary/aromatic N) is 4. The van der Waals surface area contributed by atoms with Gasteiger partial charge in [-0.3, -0.25) is 9.59 Å². The third-order valence-electron chi connectivity index (χ3n) is 4.22. The molecule has 3 aromatic heterocycles. The van der Waals surface area contributed by atoms with E-state index in [9.17, 15) is 9.59 Å². The first kappa shape index (κ1) is 17.9. The van der Waals surface area contributed by atoms with Crippen LogP contribution in [0.1, 0.15) is 21.9 Å². The number of para-hydroxylation sites is 1. The zero-order chi connectivity index (χ0) is 19.7. The fourth-order valence-electron chi connectivity index (χ4n) is 2.89. The second-order valence-corrected chi connectivity index (χ2v) is 6.71. The van der Waals surface area contributed by atoms with Crippen LogP contribution in [0.2, 0.25) is 5.02 Å². The number of nitrogens with one attached hydrogen (secondary N) is 1. The molecular formula is C20H16ClN5O2. The van der Waals surface area contributed by atoms with Gasteiger partial charge in [0, 0.05) is 24.2 Å². The Hall–Kier alpha value is -3.45. The summed E-state index contributed by atoms with van der Waals surface area (Å²) in [6.07, 6.45) is 3.50. The van der Waals surface area contributed by atoms with E-state index in [0.717, 1.165) is 5.69 Å². The maximum atomic E-state index is 12.6. The van der Waals surface area contributed by atoms with E-state index in [1.54, 1.807) is 40.5 Å². The maximum Gasteiger partial charge on any atom is 0.276 e. The highest BCUT2D eigenvalue weighted by Crippen LogP contribution is 2.12. The lowest BCUT2D eigenvalue weighted by molar-refractivity contribution is 0.0942. The van der Waals surface area contributed by atoms with Gasteiger partial charge in [0.15, 0.2) is 5.69 Å². The molecule has 140 valence electrons. The number of aromatic nitrogens is 4. The SMILES string of the molecule is Cc1cc(=O)c(C(=O)NCc2cn3cc(Cl)ccc3n2)nn1-c1ccccc1. The summed E-state index contributed by atoms with van der Waals surface area (Å²) in [7, 11) is 0. The molecule has 0 saturated heterocycles. The van der Waals surface area contributed by atoms with Gasteiger partial charge in [-0.25, -0.2) is 9.67 Å². The number of hydrogen-bond acceptors (Lipinski definition) is 4. The van der Waals surface area contributed by atoms with E-state index in [0.29, 0.717) is 22.1 Å². The number of fused-ring (bicyclic) bond motifs is 1. The van der Waals surface area contributed by atoms with Gasteiger partial charge in [0.05, 0.1) is 22.9 Å². The van der Waals surface area contributed by atoms with Crippen LogP contribution in [0.4, 0.5) is 0 Å². The molecule has 8 heteroatoms. The molecule has 1 N–H and O–H groups in total. The normalized spacial score (nSPS) is 10.9. The molecule has 0 atom stereocenters. The zero-order valence-corrected chi connectivity index (χ0v) is 15.7. The van der Waals surface area contributed by atoms with Gasteiger partial charge in [-0.1, -0.05) is 29.8 Å². The van der Waals surface area contributed by atoms with E-state index < -0.39 is 11.3 Å². The van der Waals surface area contributed by atoms with Crippen LogP contribution in [-0.2, 0) is 6.54 Å². The Labute approximate surface area is 165 Å². The molecule has 4 aromatic rings. The Morgan fingerprint density at radius 3 is 2.71 bits per heavy atom. The van der Waals surface area contributed by atoms with E-state index >= 15 is 0 Å². The second kappa shape index (κ2) is 7.28. The molecule has 0 saturated carbocycles. The van der Waals surface area contributed by atoms with Crippen molar-refractivity contribution in [3.8, 4) is 5.69 Å². The lowest BCUT2D eigenvalue weighted by Crippen LogP contribution is -2.31. The molecule has 28 heavy (non-hydrogen) atoms. The van der Waals surface area contributed by atoms with Crippen LogP contribution in [0, 0.1) is 6.92 Å². The highest BCUT2D eigenvalue weighted by atomic mass is 35.5. The zero-order valence-electron chi connectivity index (χ0n) is 15.0. The number of benzene rings is 1. The van der Waals surface area contributed by atoms with Gasteiger partial charge >= 0.3 is 0 Å². The molecule has 0 bridgehead atoms. The predicted octanol–water partition coefficient (Wildman–Crippen LogP) is 2.77. The highest BCUT2D eigenvalue weighted by molar-refractivity contribution is 6.30. The van der Waals surface area contributed by atoms with Crippen molar-refractivity contribution in [1.82, 2.24) is 24.5 Å². The fourth-order valence-corrected chi connectivity index (χ4v) is 3.06. The number of carbonyl (C=O) groups is 1. The third-order valence-corrected chi connectivity index (χ3v) is 4.44. The summed E-state index contributed by atoms with van der Waals surface area (Å²) in [4.78, 5) is 29.3. The topological polar surface area (TPSA) is 81.3 Å². The Kier molecular flexibility index (Phi) is 4.67.